The van der Waals surface area contributed by atoms with Crippen molar-refractivity contribution in [2.75, 3.05) is 26.2 Å². The number of aromatic nitrogens is 4. The van der Waals surface area contributed by atoms with E-state index in [-0.39, 0.29) is 17.3 Å². The summed E-state index contributed by atoms with van der Waals surface area (Å²) < 4.78 is 7.65. The third-order valence-electron chi connectivity index (χ3n) is 5.48. The fourth-order valence-electron chi connectivity index (χ4n) is 3.78. The van der Waals surface area contributed by atoms with Crippen molar-refractivity contribution in [3.8, 4) is 0 Å². The number of nitrogens with one attached hydrogen (secondary N) is 1. The van der Waals surface area contributed by atoms with Gasteiger partial charge in [-0.15, -0.1) is 16.4 Å². The molecule has 9 heteroatoms. The van der Waals surface area contributed by atoms with E-state index >= 15 is 0 Å². The Kier molecular flexibility index (Phi) is 5.30. The van der Waals surface area contributed by atoms with Gasteiger partial charge in [-0.25, -0.2) is 9.97 Å². The number of amides is 1. The number of hydrogen-bond donors (Lipinski definition) is 1. The van der Waals surface area contributed by atoms with Gasteiger partial charge in [-0.1, -0.05) is 13.8 Å². The summed E-state index contributed by atoms with van der Waals surface area (Å²) in [6.45, 7) is 14.2. The van der Waals surface area contributed by atoms with Crippen LogP contribution in [0.2, 0.25) is 0 Å². The molecule has 3 aromatic heterocycles. The number of thiophene rings is 1. The van der Waals surface area contributed by atoms with Crippen LogP contribution in [0.4, 0.5) is 0 Å². The van der Waals surface area contributed by atoms with Gasteiger partial charge < -0.3 is 15.0 Å². The molecular weight excluding hydrogens is 388 g/mol. The molecule has 0 fully saturated rings. The highest BCUT2D eigenvalue weighted by Gasteiger charge is 2.31. The quantitative estimate of drug-likeness (QED) is 0.665. The average Bonchev–Trinajstić information content (AvgIpc) is 3.26. The monoisotopic (exact) mass is 416 g/mol. The maximum atomic E-state index is 12.6. The van der Waals surface area contributed by atoms with Gasteiger partial charge in [0.2, 0.25) is 5.82 Å². The molecule has 0 unspecified atom stereocenters. The van der Waals surface area contributed by atoms with Crippen LogP contribution in [0.3, 0.4) is 0 Å². The predicted molar refractivity (Wildman–Crippen MR) is 114 cm³/mol. The van der Waals surface area contributed by atoms with E-state index in [9.17, 15) is 4.79 Å². The van der Waals surface area contributed by atoms with Gasteiger partial charge in [-0.3, -0.25) is 4.79 Å². The Morgan fingerprint density at radius 2 is 2.07 bits per heavy atom. The van der Waals surface area contributed by atoms with Gasteiger partial charge in [-0.05, 0) is 39.4 Å². The zero-order valence-corrected chi connectivity index (χ0v) is 18.5. The molecule has 0 saturated carbocycles. The summed E-state index contributed by atoms with van der Waals surface area (Å²) in [6.07, 6.45) is 0.793. The summed E-state index contributed by atoms with van der Waals surface area (Å²) in [5.41, 5.74) is 1.70. The first-order valence-electron chi connectivity index (χ1n) is 10.1. The molecule has 0 aliphatic carbocycles. The zero-order chi connectivity index (χ0) is 20.8. The Labute approximate surface area is 174 Å². The third-order valence-corrected chi connectivity index (χ3v) is 6.58. The Bertz CT molecular complexity index is 1070. The fraction of sp³-hybridized carbons (Fsp3) is 0.600. The van der Waals surface area contributed by atoms with Crippen LogP contribution in [0.5, 0.6) is 0 Å². The van der Waals surface area contributed by atoms with Crippen molar-refractivity contribution in [1.82, 2.24) is 29.8 Å². The van der Waals surface area contributed by atoms with Crippen LogP contribution in [0.25, 0.3) is 15.9 Å². The van der Waals surface area contributed by atoms with Crippen molar-refractivity contribution in [2.45, 2.75) is 53.2 Å². The Morgan fingerprint density at radius 3 is 2.79 bits per heavy atom. The molecule has 0 saturated heterocycles. The summed E-state index contributed by atoms with van der Waals surface area (Å²) in [5.74, 6) is 0.662. The van der Waals surface area contributed by atoms with E-state index in [1.165, 1.54) is 10.4 Å². The van der Waals surface area contributed by atoms with Crippen LogP contribution < -0.4 is 5.32 Å². The smallest absolute Gasteiger partial charge is 0.291 e. The summed E-state index contributed by atoms with van der Waals surface area (Å²) in [4.78, 5) is 26.4. The molecule has 0 bridgehead atoms. The Hall–Kier alpha value is -2.10. The van der Waals surface area contributed by atoms with Gasteiger partial charge in [0, 0.05) is 24.4 Å². The number of ether oxygens (including phenoxy) is 1. The van der Waals surface area contributed by atoms with Crippen molar-refractivity contribution in [2.24, 2.45) is 0 Å². The first-order chi connectivity index (χ1) is 13.8. The lowest BCUT2D eigenvalue weighted by Gasteiger charge is -2.30. The molecule has 156 valence electrons. The highest BCUT2D eigenvalue weighted by Crippen LogP contribution is 2.39. The van der Waals surface area contributed by atoms with E-state index in [0.717, 1.165) is 42.1 Å². The van der Waals surface area contributed by atoms with Crippen molar-refractivity contribution >= 4 is 33.1 Å². The van der Waals surface area contributed by atoms with Crippen molar-refractivity contribution in [1.29, 1.82) is 0 Å². The molecule has 0 radical (unpaired) electrons. The molecule has 1 aliphatic rings. The molecule has 1 aliphatic heterocycles. The standard InChI is InChI=1S/C20H28N6O2S/c1-6-25(7-2)9-8-21-18(27)16-23-17-15-13-10-20(4,5)28-11-14(13)29-19(15)22-12(3)26(17)24-16/h6-11H2,1-5H3,(H,21,27). The minimum Gasteiger partial charge on any atom is -0.370 e. The Balaban J connectivity index is 1.68. The normalized spacial score (nSPS) is 15.9. The van der Waals surface area contributed by atoms with Gasteiger partial charge in [0.1, 0.15) is 10.7 Å². The van der Waals surface area contributed by atoms with Crippen LogP contribution in [0.15, 0.2) is 0 Å². The topological polar surface area (TPSA) is 84.7 Å². The molecule has 4 heterocycles. The van der Waals surface area contributed by atoms with Crippen molar-refractivity contribution in [3.05, 3.63) is 22.1 Å². The van der Waals surface area contributed by atoms with Crippen LogP contribution in [0.1, 0.15) is 54.6 Å². The van der Waals surface area contributed by atoms with Crippen molar-refractivity contribution in [3.63, 3.8) is 0 Å². The number of likely N-dealkylation sites (N-methyl/N-ethyl adjacent to an activating group) is 1. The highest BCUT2D eigenvalue weighted by atomic mass is 32.1. The van der Waals surface area contributed by atoms with Crippen LogP contribution in [-0.4, -0.2) is 62.2 Å². The first-order valence-corrected chi connectivity index (χ1v) is 11.0. The van der Waals surface area contributed by atoms with E-state index in [0.29, 0.717) is 18.8 Å². The summed E-state index contributed by atoms with van der Waals surface area (Å²) >= 11 is 1.65. The molecule has 3 aromatic rings. The zero-order valence-electron chi connectivity index (χ0n) is 17.7. The maximum Gasteiger partial charge on any atom is 0.291 e. The second-order valence-corrected chi connectivity index (χ2v) is 9.11. The fourth-order valence-corrected chi connectivity index (χ4v) is 4.93. The number of aryl methyl sites for hydroxylation is 1. The number of hydrogen-bond acceptors (Lipinski definition) is 7. The van der Waals surface area contributed by atoms with Crippen LogP contribution >= 0.6 is 11.3 Å². The summed E-state index contributed by atoms with van der Waals surface area (Å²) in [6, 6.07) is 0. The molecule has 4 rings (SSSR count). The molecule has 0 aromatic carbocycles. The lowest BCUT2D eigenvalue weighted by atomic mass is 9.94. The largest absolute Gasteiger partial charge is 0.370 e. The molecule has 0 spiro atoms. The highest BCUT2D eigenvalue weighted by molar-refractivity contribution is 7.19. The summed E-state index contributed by atoms with van der Waals surface area (Å²) in [7, 11) is 0. The molecule has 1 N–H and O–H groups in total. The molecule has 29 heavy (non-hydrogen) atoms. The lowest BCUT2D eigenvalue weighted by molar-refractivity contribution is -0.0379. The van der Waals surface area contributed by atoms with Gasteiger partial charge in [-0.2, -0.15) is 4.52 Å². The van der Waals surface area contributed by atoms with E-state index in [2.05, 4.69) is 48.0 Å². The predicted octanol–water partition coefficient (Wildman–Crippen LogP) is 2.57. The maximum absolute atomic E-state index is 12.6. The van der Waals surface area contributed by atoms with Gasteiger partial charge in [0.25, 0.3) is 5.91 Å². The van der Waals surface area contributed by atoms with Gasteiger partial charge in [0.05, 0.1) is 17.6 Å². The second-order valence-electron chi connectivity index (χ2n) is 8.02. The lowest BCUT2D eigenvalue weighted by Crippen LogP contribution is -2.35. The SMILES string of the molecule is CCN(CC)CCNC(=O)c1nc2c3c4c(sc3nc(C)n2n1)COC(C)(C)C4. The van der Waals surface area contributed by atoms with Crippen LogP contribution in [0, 0.1) is 6.92 Å². The molecule has 1 amide bonds. The third kappa shape index (κ3) is 3.74. The van der Waals surface area contributed by atoms with E-state index in [1.807, 2.05) is 6.92 Å². The number of carbonyl (C=O) groups excluding carboxylic acids is 1. The van der Waals surface area contributed by atoms with Crippen molar-refractivity contribution < 1.29 is 9.53 Å². The number of nitrogens with zero attached hydrogens (tertiary/aromatic N) is 5. The number of rotatable bonds is 6. The van der Waals surface area contributed by atoms with E-state index in [4.69, 9.17) is 9.72 Å². The molecular formula is C20H28N6O2S. The van der Waals surface area contributed by atoms with Gasteiger partial charge in [0.15, 0.2) is 5.65 Å². The minimum atomic E-state index is -0.249. The second kappa shape index (κ2) is 7.62. The molecule has 8 nitrogen and oxygen atoms in total. The van der Waals surface area contributed by atoms with E-state index in [1.54, 1.807) is 15.9 Å². The minimum absolute atomic E-state index is 0.188. The Morgan fingerprint density at radius 1 is 1.31 bits per heavy atom. The van der Waals surface area contributed by atoms with Crippen LogP contribution in [-0.2, 0) is 17.8 Å². The average molecular weight is 417 g/mol. The number of carbonyl (C=O) groups is 1. The summed E-state index contributed by atoms with van der Waals surface area (Å²) in [5, 5.41) is 8.40. The molecule has 0 atom stereocenters. The van der Waals surface area contributed by atoms with Gasteiger partial charge >= 0.3 is 0 Å². The number of fused-ring (bicyclic) bond motifs is 5. The first kappa shape index (κ1) is 20.2. The van der Waals surface area contributed by atoms with E-state index < -0.39 is 0 Å².